The minimum Gasteiger partial charge on any atom is -0.497 e. The van der Waals surface area contributed by atoms with Gasteiger partial charge in [-0.05, 0) is 48.4 Å². The molecule has 0 amide bonds. The van der Waals surface area contributed by atoms with E-state index < -0.39 is 0 Å². The first-order valence-corrected chi connectivity index (χ1v) is 7.03. The molecule has 0 fully saturated rings. The molecule has 0 unspecified atom stereocenters. The van der Waals surface area contributed by atoms with Gasteiger partial charge in [-0.15, -0.1) is 0 Å². The van der Waals surface area contributed by atoms with Gasteiger partial charge in [0.1, 0.15) is 5.75 Å². The van der Waals surface area contributed by atoms with Gasteiger partial charge in [0.25, 0.3) is 0 Å². The lowest BCUT2D eigenvalue weighted by Gasteiger charge is -2.12. The Morgan fingerprint density at radius 3 is 2.14 bits per heavy atom. The van der Waals surface area contributed by atoms with Crippen molar-refractivity contribution in [3.05, 3.63) is 59.7 Å². The van der Waals surface area contributed by atoms with Crippen LogP contribution in [0.2, 0.25) is 0 Å². The Balaban J connectivity index is 1.93. The first kappa shape index (κ1) is 15.1. The number of ketones is 1. The minimum absolute atomic E-state index is 0.161. The molecule has 0 aromatic heterocycles. The molecule has 0 saturated heterocycles. The molecule has 3 nitrogen and oxygen atoms in total. The average molecular weight is 283 g/mol. The fourth-order valence-electron chi connectivity index (χ4n) is 2.14. The maximum absolute atomic E-state index is 12.1. The fraction of sp³-hybridized carbons (Fsp3) is 0.278. The summed E-state index contributed by atoms with van der Waals surface area (Å²) in [6.45, 7) is 0. The molecule has 110 valence electrons. The maximum Gasteiger partial charge on any atom is 0.163 e. The van der Waals surface area contributed by atoms with Gasteiger partial charge in [-0.1, -0.05) is 12.1 Å². The van der Waals surface area contributed by atoms with Crippen LogP contribution in [0.5, 0.6) is 5.75 Å². The van der Waals surface area contributed by atoms with Crippen molar-refractivity contribution in [2.24, 2.45) is 0 Å². The number of methoxy groups -OCH3 is 1. The topological polar surface area (TPSA) is 29.5 Å². The number of hydrogen-bond acceptors (Lipinski definition) is 3. The van der Waals surface area contributed by atoms with Crippen molar-refractivity contribution >= 4 is 11.5 Å². The third kappa shape index (κ3) is 4.09. The van der Waals surface area contributed by atoms with Gasteiger partial charge < -0.3 is 9.64 Å². The molecule has 0 heterocycles. The molecule has 0 N–H and O–H groups in total. The summed E-state index contributed by atoms with van der Waals surface area (Å²) in [5.41, 5.74) is 3.09. The summed E-state index contributed by atoms with van der Waals surface area (Å²) in [7, 11) is 5.65. The number of benzene rings is 2. The van der Waals surface area contributed by atoms with Gasteiger partial charge in [0.05, 0.1) is 7.11 Å². The van der Waals surface area contributed by atoms with Crippen LogP contribution in [0.25, 0.3) is 0 Å². The number of nitrogens with zero attached hydrogens (tertiary/aromatic N) is 1. The van der Waals surface area contributed by atoms with Crippen LogP contribution in [0.1, 0.15) is 22.3 Å². The zero-order valence-electron chi connectivity index (χ0n) is 12.8. The molecule has 0 spiro atoms. The van der Waals surface area contributed by atoms with Crippen molar-refractivity contribution in [1.29, 1.82) is 0 Å². The van der Waals surface area contributed by atoms with E-state index in [9.17, 15) is 4.79 Å². The lowest BCUT2D eigenvalue weighted by Crippen LogP contribution is -2.08. The number of Topliss-reactive ketones (excluding diaryl/α,β-unsaturated/α-hetero) is 1. The number of rotatable bonds is 6. The Morgan fingerprint density at radius 2 is 1.62 bits per heavy atom. The second kappa shape index (κ2) is 6.93. The van der Waals surface area contributed by atoms with E-state index in [0.29, 0.717) is 6.42 Å². The van der Waals surface area contributed by atoms with Crippen molar-refractivity contribution < 1.29 is 9.53 Å². The van der Waals surface area contributed by atoms with Crippen molar-refractivity contribution in [3.63, 3.8) is 0 Å². The Morgan fingerprint density at radius 1 is 1.00 bits per heavy atom. The van der Waals surface area contributed by atoms with Crippen LogP contribution in [0.4, 0.5) is 5.69 Å². The van der Waals surface area contributed by atoms with E-state index in [2.05, 4.69) is 29.2 Å². The molecule has 0 aliphatic heterocycles. The van der Waals surface area contributed by atoms with Gasteiger partial charge in [-0.2, -0.15) is 0 Å². The number of carbonyl (C=O) groups is 1. The zero-order chi connectivity index (χ0) is 15.2. The largest absolute Gasteiger partial charge is 0.497 e. The van der Waals surface area contributed by atoms with Crippen LogP contribution in [0, 0.1) is 0 Å². The Hall–Kier alpha value is -2.29. The molecule has 0 radical (unpaired) electrons. The second-order valence-electron chi connectivity index (χ2n) is 5.21. The van der Waals surface area contributed by atoms with Gasteiger partial charge in [-0.25, -0.2) is 0 Å². The zero-order valence-corrected chi connectivity index (χ0v) is 12.8. The standard InChI is InChI=1S/C18H21NO2/c1-19(2)16-9-4-14(5-10-16)6-13-18(20)15-7-11-17(21-3)12-8-15/h4-5,7-12H,6,13H2,1-3H3. The first-order valence-electron chi connectivity index (χ1n) is 7.03. The normalized spacial score (nSPS) is 10.2. The Kier molecular flexibility index (Phi) is 4.99. The van der Waals surface area contributed by atoms with E-state index in [-0.39, 0.29) is 5.78 Å². The summed E-state index contributed by atoms with van der Waals surface area (Å²) in [5.74, 6) is 0.931. The van der Waals surface area contributed by atoms with Crippen molar-refractivity contribution in [1.82, 2.24) is 0 Å². The number of aryl methyl sites for hydroxylation is 1. The number of ether oxygens (including phenoxy) is 1. The molecular formula is C18H21NO2. The third-order valence-electron chi connectivity index (χ3n) is 3.51. The van der Waals surface area contributed by atoms with Gasteiger partial charge in [0.2, 0.25) is 0 Å². The maximum atomic E-state index is 12.1. The Bertz CT molecular complexity index is 586. The van der Waals surface area contributed by atoms with Crippen LogP contribution >= 0.6 is 0 Å². The molecule has 0 atom stereocenters. The predicted molar refractivity (Wildman–Crippen MR) is 86.4 cm³/mol. The summed E-state index contributed by atoms with van der Waals surface area (Å²) in [6, 6.07) is 15.6. The fourth-order valence-corrected chi connectivity index (χ4v) is 2.14. The minimum atomic E-state index is 0.161. The molecule has 0 bridgehead atoms. The van der Waals surface area contributed by atoms with Crippen molar-refractivity contribution in [3.8, 4) is 5.75 Å². The SMILES string of the molecule is COc1ccc(C(=O)CCc2ccc(N(C)C)cc2)cc1. The van der Waals surface area contributed by atoms with E-state index >= 15 is 0 Å². The van der Waals surface area contributed by atoms with Crippen LogP contribution in [0.3, 0.4) is 0 Å². The predicted octanol–water partition coefficient (Wildman–Crippen LogP) is 3.58. The Labute approximate surface area is 126 Å². The smallest absolute Gasteiger partial charge is 0.163 e. The monoisotopic (exact) mass is 283 g/mol. The summed E-state index contributed by atoms with van der Waals surface area (Å²) < 4.78 is 5.09. The van der Waals surface area contributed by atoms with E-state index in [4.69, 9.17) is 4.74 Å². The van der Waals surface area contributed by atoms with E-state index in [1.54, 1.807) is 7.11 Å². The van der Waals surface area contributed by atoms with E-state index in [0.717, 1.165) is 17.7 Å². The van der Waals surface area contributed by atoms with Gasteiger partial charge in [0.15, 0.2) is 5.78 Å². The van der Waals surface area contributed by atoms with Crippen molar-refractivity contribution in [2.45, 2.75) is 12.8 Å². The molecule has 0 saturated carbocycles. The number of anilines is 1. The highest BCUT2D eigenvalue weighted by molar-refractivity contribution is 5.96. The first-order chi connectivity index (χ1) is 10.1. The van der Waals surface area contributed by atoms with E-state index in [1.165, 1.54) is 11.3 Å². The highest BCUT2D eigenvalue weighted by Gasteiger charge is 2.06. The number of carbonyl (C=O) groups excluding carboxylic acids is 1. The molecule has 2 aromatic carbocycles. The molecular weight excluding hydrogens is 262 g/mol. The van der Waals surface area contributed by atoms with Crippen LogP contribution in [0.15, 0.2) is 48.5 Å². The summed E-state index contributed by atoms with van der Waals surface area (Å²) in [6.07, 6.45) is 1.28. The van der Waals surface area contributed by atoms with Gasteiger partial charge in [0, 0.05) is 31.8 Å². The number of hydrogen-bond donors (Lipinski definition) is 0. The molecule has 21 heavy (non-hydrogen) atoms. The summed E-state index contributed by atoms with van der Waals surface area (Å²) >= 11 is 0. The highest BCUT2D eigenvalue weighted by atomic mass is 16.5. The molecule has 2 aromatic rings. The highest BCUT2D eigenvalue weighted by Crippen LogP contribution is 2.16. The lowest BCUT2D eigenvalue weighted by molar-refractivity contribution is 0.0983. The summed E-state index contributed by atoms with van der Waals surface area (Å²) in [5, 5.41) is 0. The third-order valence-corrected chi connectivity index (χ3v) is 3.51. The van der Waals surface area contributed by atoms with Crippen LogP contribution < -0.4 is 9.64 Å². The molecule has 0 aliphatic rings. The summed E-state index contributed by atoms with van der Waals surface area (Å²) in [4.78, 5) is 14.2. The van der Waals surface area contributed by atoms with Gasteiger partial charge in [-0.3, -0.25) is 4.79 Å². The molecule has 2 rings (SSSR count). The quantitative estimate of drug-likeness (QED) is 0.759. The lowest BCUT2D eigenvalue weighted by atomic mass is 10.0. The van der Waals surface area contributed by atoms with Crippen molar-refractivity contribution in [2.75, 3.05) is 26.1 Å². The second-order valence-corrected chi connectivity index (χ2v) is 5.21. The van der Waals surface area contributed by atoms with Gasteiger partial charge >= 0.3 is 0 Å². The van der Waals surface area contributed by atoms with E-state index in [1.807, 2.05) is 38.4 Å². The molecule has 3 heteroatoms. The van der Waals surface area contributed by atoms with Crippen LogP contribution in [-0.4, -0.2) is 27.0 Å². The molecule has 0 aliphatic carbocycles. The van der Waals surface area contributed by atoms with Crippen LogP contribution in [-0.2, 0) is 6.42 Å². The average Bonchev–Trinajstić information content (AvgIpc) is 2.53.